The van der Waals surface area contributed by atoms with Crippen molar-refractivity contribution in [2.75, 3.05) is 40.3 Å². The molecule has 2 amide bonds. The first-order valence-electron chi connectivity index (χ1n) is 6.85. The van der Waals surface area contributed by atoms with Crippen molar-refractivity contribution in [2.45, 2.75) is 13.8 Å². The molecule has 5 nitrogen and oxygen atoms in total. The third kappa shape index (κ3) is 6.99. The maximum Gasteiger partial charge on any atom is 0.314 e. The molecule has 0 aromatic heterocycles. The van der Waals surface area contributed by atoms with Crippen LogP contribution >= 0.6 is 0 Å². The highest BCUT2D eigenvalue weighted by Crippen LogP contribution is 2.15. The van der Waals surface area contributed by atoms with Gasteiger partial charge in [0.15, 0.2) is 0 Å². The molecular formula is C15H25N3O2. The molecule has 0 atom stereocenters. The van der Waals surface area contributed by atoms with Gasteiger partial charge >= 0.3 is 6.03 Å². The third-order valence-corrected chi connectivity index (χ3v) is 2.70. The molecule has 0 unspecified atom stereocenters. The summed E-state index contributed by atoms with van der Waals surface area (Å²) < 4.78 is 5.61. The van der Waals surface area contributed by atoms with Crippen LogP contribution in [0.4, 0.5) is 4.79 Å². The predicted octanol–water partition coefficient (Wildman–Crippen LogP) is 1.54. The Bertz CT molecular complexity index is 413. The first-order chi connectivity index (χ1) is 9.47. The number of aryl methyl sites for hydroxylation is 2. The third-order valence-electron chi connectivity index (χ3n) is 2.70. The Morgan fingerprint density at radius 3 is 2.30 bits per heavy atom. The van der Waals surface area contributed by atoms with Gasteiger partial charge in [-0.3, -0.25) is 0 Å². The molecule has 0 radical (unpaired) electrons. The van der Waals surface area contributed by atoms with Crippen LogP contribution in [0.5, 0.6) is 5.75 Å². The van der Waals surface area contributed by atoms with Gasteiger partial charge in [0, 0.05) is 13.1 Å². The lowest BCUT2D eigenvalue weighted by molar-refractivity contribution is 0.235. The fraction of sp³-hybridized carbons (Fsp3) is 0.533. The fourth-order valence-corrected chi connectivity index (χ4v) is 1.81. The molecular weight excluding hydrogens is 254 g/mol. The second kappa shape index (κ2) is 8.43. The Morgan fingerprint density at radius 1 is 1.10 bits per heavy atom. The summed E-state index contributed by atoms with van der Waals surface area (Å²) in [5, 5.41) is 5.55. The van der Waals surface area contributed by atoms with Crippen molar-refractivity contribution in [1.29, 1.82) is 0 Å². The van der Waals surface area contributed by atoms with Gasteiger partial charge in [-0.2, -0.15) is 0 Å². The molecule has 0 fully saturated rings. The highest BCUT2D eigenvalue weighted by molar-refractivity contribution is 5.73. The van der Waals surface area contributed by atoms with Crippen LogP contribution in [0.1, 0.15) is 11.1 Å². The van der Waals surface area contributed by atoms with Gasteiger partial charge in [0.2, 0.25) is 0 Å². The second-order valence-electron chi connectivity index (χ2n) is 5.16. The monoisotopic (exact) mass is 279 g/mol. The van der Waals surface area contributed by atoms with Crippen LogP contribution in [0.2, 0.25) is 0 Å². The number of likely N-dealkylation sites (N-methyl/N-ethyl adjacent to an activating group) is 1. The number of nitrogens with zero attached hydrogens (tertiary/aromatic N) is 1. The number of ether oxygens (including phenoxy) is 1. The Balaban J connectivity index is 2.16. The Morgan fingerprint density at radius 2 is 1.70 bits per heavy atom. The van der Waals surface area contributed by atoms with E-state index >= 15 is 0 Å². The van der Waals surface area contributed by atoms with Gasteiger partial charge < -0.3 is 20.3 Å². The van der Waals surface area contributed by atoms with Crippen molar-refractivity contribution >= 4 is 6.03 Å². The average Bonchev–Trinajstić information content (AvgIpc) is 2.33. The quantitative estimate of drug-likeness (QED) is 0.745. The zero-order valence-electron chi connectivity index (χ0n) is 12.8. The predicted molar refractivity (Wildman–Crippen MR) is 81.4 cm³/mol. The lowest BCUT2D eigenvalue weighted by atomic mass is 10.1. The van der Waals surface area contributed by atoms with E-state index in [9.17, 15) is 4.79 Å². The van der Waals surface area contributed by atoms with Crippen LogP contribution in [-0.2, 0) is 0 Å². The van der Waals surface area contributed by atoms with E-state index in [0.717, 1.165) is 12.3 Å². The van der Waals surface area contributed by atoms with Crippen molar-refractivity contribution in [1.82, 2.24) is 15.5 Å². The maximum absolute atomic E-state index is 11.4. The van der Waals surface area contributed by atoms with E-state index in [1.165, 1.54) is 11.1 Å². The molecule has 0 aliphatic carbocycles. The first kappa shape index (κ1) is 16.3. The summed E-state index contributed by atoms with van der Waals surface area (Å²) in [7, 11) is 3.94. The number of carbonyl (C=O) groups is 1. The zero-order valence-corrected chi connectivity index (χ0v) is 12.8. The second-order valence-corrected chi connectivity index (χ2v) is 5.16. The van der Waals surface area contributed by atoms with E-state index < -0.39 is 0 Å². The van der Waals surface area contributed by atoms with E-state index in [0.29, 0.717) is 19.7 Å². The van der Waals surface area contributed by atoms with Crippen LogP contribution in [0.15, 0.2) is 18.2 Å². The summed E-state index contributed by atoms with van der Waals surface area (Å²) in [4.78, 5) is 13.5. The van der Waals surface area contributed by atoms with Gasteiger partial charge in [0.05, 0.1) is 6.54 Å². The van der Waals surface area contributed by atoms with E-state index in [2.05, 4.69) is 16.7 Å². The normalized spacial score (nSPS) is 10.4. The molecule has 5 heteroatoms. The number of nitrogens with one attached hydrogen (secondary N) is 2. The average molecular weight is 279 g/mol. The Labute approximate surface area is 121 Å². The summed E-state index contributed by atoms with van der Waals surface area (Å²) >= 11 is 0. The van der Waals surface area contributed by atoms with Crippen molar-refractivity contribution in [3.63, 3.8) is 0 Å². The van der Waals surface area contributed by atoms with Crippen LogP contribution in [0.3, 0.4) is 0 Å². The lowest BCUT2D eigenvalue weighted by Crippen LogP contribution is -2.40. The van der Waals surface area contributed by atoms with Gasteiger partial charge in [-0.1, -0.05) is 6.07 Å². The van der Waals surface area contributed by atoms with Crippen molar-refractivity contribution in [3.8, 4) is 5.75 Å². The molecule has 1 aromatic carbocycles. The van der Waals surface area contributed by atoms with E-state index in [4.69, 9.17) is 4.74 Å². The van der Waals surface area contributed by atoms with Gasteiger partial charge in [-0.15, -0.1) is 0 Å². The van der Waals surface area contributed by atoms with Crippen LogP contribution < -0.4 is 15.4 Å². The SMILES string of the molecule is Cc1cc(C)cc(OCCNC(=O)NCCN(C)C)c1. The molecule has 0 heterocycles. The Kier molecular flexibility index (Phi) is 6.87. The van der Waals surface area contributed by atoms with Crippen molar-refractivity contribution in [2.24, 2.45) is 0 Å². The molecule has 0 spiro atoms. The number of carbonyl (C=O) groups excluding carboxylic acids is 1. The molecule has 0 aliphatic rings. The summed E-state index contributed by atoms with van der Waals surface area (Å²) in [5.74, 6) is 0.845. The highest BCUT2D eigenvalue weighted by atomic mass is 16.5. The van der Waals surface area contributed by atoms with Gasteiger partial charge in [-0.25, -0.2) is 4.79 Å². The number of benzene rings is 1. The topological polar surface area (TPSA) is 53.6 Å². The Hall–Kier alpha value is -1.75. The number of hydrogen-bond acceptors (Lipinski definition) is 3. The summed E-state index contributed by atoms with van der Waals surface area (Å²) in [5.41, 5.74) is 2.35. The summed E-state index contributed by atoms with van der Waals surface area (Å²) in [6.07, 6.45) is 0. The van der Waals surface area contributed by atoms with E-state index in [1.54, 1.807) is 0 Å². The van der Waals surface area contributed by atoms with Crippen LogP contribution in [0.25, 0.3) is 0 Å². The molecule has 112 valence electrons. The van der Waals surface area contributed by atoms with Crippen molar-refractivity contribution < 1.29 is 9.53 Å². The number of urea groups is 1. The highest BCUT2D eigenvalue weighted by Gasteiger charge is 2.00. The number of rotatable bonds is 7. The van der Waals surface area contributed by atoms with E-state index in [1.807, 2.05) is 45.0 Å². The largest absolute Gasteiger partial charge is 0.492 e. The fourth-order valence-electron chi connectivity index (χ4n) is 1.81. The molecule has 0 saturated carbocycles. The maximum atomic E-state index is 11.4. The van der Waals surface area contributed by atoms with Crippen molar-refractivity contribution in [3.05, 3.63) is 29.3 Å². The first-order valence-corrected chi connectivity index (χ1v) is 6.85. The van der Waals surface area contributed by atoms with Gasteiger partial charge in [0.25, 0.3) is 0 Å². The summed E-state index contributed by atoms with van der Waals surface area (Å²) in [6, 6.07) is 5.92. The lowest BCUT2D eigenvalue weighted by Gasteiger charge is -2.12. The molecule has 0 saturated heterocycles. The standard InChI is InChI=1S/C15H25N3O2/c1-12-9-13(2)11-14(10-12)20-8-6-17-15(19)16-5-7-18(3)4/h9-11H,5-8H2,1-4H3,(H2,16,17,19). The molecule has 1 rings (SSSR count). The zero-order chi connectivity index (χ0) is 15.0. The minimum Gasteiger partial charge on any atom is -0.492 e. The van der Waals surface area contributed by atoms with Crippen LogP contribution in [-0.4, -0.2) is 51.3 Å². The molecule has 1 aromatic rings. The van der Waals surface area contributed by atoms with Gasteiger partial charge in [0.1, 0.15) is 12.4 Å². The molecule has 2 N–H and O–H groups in total. The molecule has 20 heavy (non-hydrogen) atoms. The smallest absolute Gasteiger partial charge is 0.314 e. The number of hydrogen-bond donors (Lipinski definition) is 2. The molecule has 0 bridgehead atoms. The molecule has 0 aliphatic heterocycles. The van der Waals surface area contributed by atoms with Crippen LogP contribution in [0, 0.1) is 13.8 Å². The van der Waals surface area contributed by atoms with E-state index in [-0.39, 0.29) is 6.03 Å². The number of amides is 2. The minimum absolute atomic E-state index is 0.157. The summed E-state index contributed by atoms with van der Waals surface area (Å²) in [6.45, 7) is 6.49. The van der Waals surface area contributed by atoms with Gasteiger partial charge in [-0.05, 0) is 51.2 Å². The minimum atomic E-state index is -0.157.